The molecule has 4 rings (SSSR count). The number of nitrogens with zero attached hydrogens (tertiary/aromatic N) is 2. The maximum atomic E-state index is 14.0. The van der Waals surface area contributed by atoms with Gasteiger partial charge in [-0.3, -0.25) is 9.59 Å². The number of likely N-dealkylation sites (N-methyl/N-ethyl adjacent to an activating group) is 1. The van der Waals surface area contributed by atoms with Crippen LogP contribution in [-0.2, 0) is 20.5 Å². The summed E-state index contributed by atoms with van der Waals surface area (Å²) in [5, 5.41) is 12.3. The lowest BCUT2D eigenvalue weighted by Gasteiger charge is -2.39. The van der Waals surface area contributed by atoms with Crippen LogP contribution in [0.5, 0.6) is 0 Å². The van der Waals surface area contributed by atoms with Gasteiger partial charge < -0.3 is 10.0 Å². The third-order valence-corrected chi connectivity index (χ3v) is 7.84. The molecule has 8 heteroatoms. The van der Waals surface area contributed by atoms with E-state index >= 15 is 0 Å². The van der Waals surface area contributed by atoms with Crippen LogP contribution in [0.1, 0.15) is 29.8 Å². The van der Waals surface area contributed by atoms with E-state index in [1.165, 1.54) is 24.3 Å². The quantitative estimate of drug-likeness (QED) is 0.383. The zero-order chi connectivity index (χ0) is 25.2. The minimum Gasteiger partial charge on any atom is -0.370 e. The van der Waals surface area contributed by atoms with E-state index in [1.807, 2.05) is 13.8 Å². The summed E-state index contributed by atoms with van der Waals surface area (Å²) in [5.41, 5.74) is -2.47. The number of carbonyl (C=O) groups is 2. The van der Waals surface area contributed by atoms with Gasteiger partial charge in [-0.05, 0) is 26.0 Å². The Morgan fingerprint density at radius 1 is 0.857 bits per heavy atom. The van der Waals surface area contributed by atoms with Gasteiger partial charge in [0.15, 0.2) is 0 Å². The molecule has 1 unspecified atom stereocenters. The fourth-order valence-electron chi connectivity index (χ4n) is 4.38. The predicted octanol–water partition coefficient (Wildman–Crippen LogP) is 3.54. The minimum atomic E-state index is -4.56. The maximum absolute atomic E-state index is 14.0. The second-order valence-corrected chi connectivity index (χ2v) is 9.80. The monoisotopic (exact) mass is 490 g/mol. The van der Waals surface area contributed by atoms with Crippen LogP contribution in [0, 0.1) is 0 Å². The van der Waals surface area contributed by atoms with Gasteiger partial charge in [-0.2, -0.15) is 4.31 Å². The largest absolute Gasteiger partial charge is 0.370 e. The number of sulfonamides is 1. The van der Waals surface area contributed by atoms with E-state index in [4.69, 9.17) is 0 Å². The highest BCUT2D eigenvalue weighted by atomic mass is 32.2. The van der Waals surface area contributed by atoms with Crippen LogP contribution in [0.15, 0.2) is 107 Å². The van der Waals surface area contributed by atoms with Crippen LogP contribution in [0.25, 0.3) is 0 Å². The number of benzene rings is 3. The lowest BCUT2D eigenvalue weighted by atomic mass is 9.95. The van der Waals surface area contributed by atoms with Crippen molar-refractivity contribution in [1.82, 2.24) is 9.21 Å². The molecule has 35 heavy (non-hydrogen) atoms. The van der Waals surface area contributed by atoms with E-state index in [-0.39, 0.29) is 27.3 Å². The van der Waals surface area contributed by atoms with Gasteiger partial charge >= 0.3 is 0 Å². The first-order valence-corrected chi connectivity index (χ1v) is 12.7. The number of amides is 1. The van der Waals surface area contributed by atoms with Crippen molar-refractivity contribution in [1.29, 1.82) is 0 Å². The van der Waals surface area contributed by atoms with Crippen LogP contribution in [-0.4, -0.2) is 47.5 Å². The summed E-state index contributed by atoms with van der Waals surface area (Å²) >= 11 is 0. The van der Waals surface area contributed by atoms with Crippen molar-refractivity contribution in [3.63, 3.8) is 0 Å². The second kappa shape index (κ2) is 9.48. The molecule has 7 nitrogen and oxygen atoms in total. The number of ketones is 1. The van der Waals surface area contributed by atoms with E-state index in [9.17, 15) is 23.1 Å². The molecule has 3 aromatic carbocycles. The maximum Gasteiger partial charge on any atom is 0.276 e. The van der Waals surface area contributed by atoms with Gasteiger partial charge in [0.1, 0.15) is 5.57 Å². The Labute approximate surface area is 205 Å². The molecule has 1 aliphatic heterocycles. The molecular weight excluding hydrogens is 464 g/mol. The summed E-state index contributed by atoms with van der Waals surface area (Å²) in [6, 6.07) is 23.7. The van der Waals surface area contributed by atoms with Gasteiger partial charge in [0.25, 0.3) is 15.9 Å². The van der Waals surface area contributed by atoms with E-state index in [0.717, 1.165) is 0 Å². The molecule has 0 radical (unpaired) electrons. The number of Topliss-reactive ketones (excluding diaryl/α,β-unsaturated/α-hetero) is 1. The normalized spacial score (nSPS) is 18.1. The molecule has 0 bridgehead atoms. The molecule has 1 aliphatic rings. The van der Waals surface area contributed by atoms with Crippen LogP contribution in [0.4, 0.5) is 0 Å². The van der Waals surface area contributed by atoms with Crippen molar-refractivity contribution in [2.45, 2.75) is 24.5 Å². The zero-order valence-electron chi connectivity index (χ0n) is 19.5. The smallest absolute Gasteiger partial charge is 0.276 e. The summed E-state index contributed by atoms with van der Waals surface area (Å²) in [6.07, 6.45) is 0. The number of rotatable bonds is 8. The molecule has 0 aliphatic carbocycles. The highest BCUT2D eigenvalue weighted by Gasteiger charge is 2.60. The highest BCUT2D eigenvalue weighted by molar-refractivity contribution is 7.89. The van der Waals surface area contributed by atoms with Gasteiger partial charge in [-0.25, -0.2) is 8.42 Å². The summed E-state index contributed by atoms with van der Waals surface area (Å²) in [7, 11) is -4.56. The van der Waals surface area contributed by atoms with Gasteiger partial charge in [0.2, 0.25) is 11.5 Å². The molecule has 0 aromatic heterocycles. The van der Waals surface area contributed by atoms with Gasteiger partial charge in [0, 0.05) is 24.2 Å². The van der Waals surface area contributed by atoms with Crippen molar-refractivity contribution in [3.8, 4) is 0 Å². The molecular formula is C27H26N2O5S. The fraction of sp³-hybridized carbons (Fsp3) is 0.185. The molecule has 1 N–H and O–H groups in total. The standard InChI is InChI=1S/C27H26N2O5S/c1-3-28(4-2)25-23(24(30)20-14-8-5-9-15-20)26(31)29(27(25,32)21-16-10-6-11-17-21)35(33,34)22-18-12-7-13-19-22/h5-19,32H,3-4H2,1-2H3. The average Bonchev–Trinajstić information content (AvgIpc) is 3.14. The topological polar surface area (TPSA) is 95.0 Å². The Balaban J connectivity index is 2.07. The van der Waals surface area contributed by atoms with Crippen molar-refractivity contribution in [2.24, 2.45) is 0 Å². The van der Waals surface area contributed by atoms with E-state index in [2.05, 4.69) is 0 Å². The molecule has 1 amide bonds. The fourth-order valence-corrected chi connectivity index (χ4v) is 5.94. The van der Waals surface area contributed by atoms with E-state index in [0.29, 0.717) is 17.4 Å². The highest BCUT2D eigenvalue weighted by Crippen LogP contribution is 2.47. The van der Waals surface area contributed by atoms with Crippen molar-refractivity contribution in [3.05, 3.63) is 113 Å². The Bertz CT molecular complexity index is 1370. The molecule has 0 saturated carbocycles. The number of hydrogen-bond acceptors (Lipinski definition) is 6. The lowest BCUT2D eigenvalue weighted by Crippen LogP contribution is -2.51. The lowest BCUT2D eigenvalue weighted by molar-refractivity contribution is -0.133. The summed E-state index contributed by atoms with van der Waals surface area (Å²) in [6.45, 7) is 4.29. The first-order chi connectivity index (χ1) is 16.8. The molecule has 0 saturated heterocycles. The van der Waals surface area contributed by atoms with Crippen molar-refractivity contribution >= 4 is 21.7 Å². The Hall–Kier alpha value is -3.75. The molecule has 1 atom stereocenters. The Morgan fingerprint density at radius 2 is 1.34 bits per heavy atom. The van der Waals surface area contributed by atoms with Crippen molar-refractivity contribution < 1.29 is 23.1 Å². The van der Waals surface area contributed by atoms with Gasteiger partial charge in [-0.1, -0.05) is 78.9 Å². The Morgan fingerprint density at radius 3 is 1.86 bits per heavy atom. The molecule has 0 spiro atoms. The molecule has 0 fully saturated rings. The zero-order valence-corrected chi connectivity index (χ0v) is 20.3. The first-order valence-electron chi connectivity index (χ1n) is 11.3. The summed E-state index contributed by atoms with van der Waals surface area (Å²) in [4.78, 5) is 29.1. The van der Waals surface area contributed by atoms with Crippen LogP contribution in [0.2, 0.25) is 0 Å². The number of aliphatic hydroxyl groups is 1. The second-order valence-electron chi connectivity index (χ2n) is 8.02. The first kappa shape index (κ1) is 24.4. The van der Waals surface area contributed by atoms with Crippen LogP contribution >= 0.6 is 0 Å². The van der Waals surface area contributed by atoms with Crippen LogP contribution < -0.4 is 0 Å². The third kappa shape index (κ3) is 3.94. The van der Waals surface area contributed by atoms with E-state index in [1.54, 1.807) is 71.6 Å². The Kier molecular flexibility index (Phi) is 6.60. The third-order valence-electron chi connectivity index (χ3n) is 6.06. The molecule has 1 heterocycles. The number of hydrogen-bond donors (Lipinski definition) is 1. The van der Waals surface area contributed by atoms with Crippen molar-refractivity contribution in [2.75, 3.05) is 13.1 Å². The number of carbonyl (C=O) groups excluding carboxylic acids is 2. The predicted molar refractivity (Wildman–Crippen MR) is 132 cm³/mol. The molecule has 3 aromatic rings. The molecule has 180 valence electrons. The van der Waals surface area contributed by atoms with Crippen LogP contribution in [0.3, 0.4) is 0 Å². The minimum absolute atomic E-state index is 0.0490. The average molecular weight is 491 g/mol. The summed E-state index contributed by atoms with van der Waals surface area (Å²) < 4.78 is 28.2. The van der Waals surface area contributed by atoms with E-state index < -0.39 is 27.4 Å². The van der Waals surface area contributed by atoms with Gasteiger partial charge in [-0.15, -0.1) is 0 Å². The summed E-state index contributed by atoms with van der Waals surface area (Å²) in [5.74, 6) is -1.73. The SMILES string of the molecule is CCN(CC)C1=C(C(=O)c2ccccc2)C(=O)N(S(=O)(=O)c2ccccc2)C1(O)c1ccccc1. The van der Waals surface area contributed by atoms with Gasteiger partial charge in [0.05, 0.1) is 10.6 Å².